The largest absolute Gasteiger partial charge is 0.425 e. The van der Waals surface area contributed by atoms with E-state index in [1.807, 2.05) is 0 Å². The number of thiophene rings is 1. The van der Waals surface area contributed by atoms with Crippen molar-refractivity contribution in [2.24, 2.45) is 0 Å². The van der Waals surface area contributed by atoms with Crippen LogP contribution in [0.1, 0.15) is 16.2 Å². The highest BCUT2D eigenvalue weighted by Gasteiger charge is 2.34. The summed E-state index contributed by atoms with van der Waals surface area (Å²) in [6.45, 7) is 1.79. The lowest BCUT2D eigenvalue weighted by atomic mass is 10.2. The first kappa shape index (κ1) is 12.0. The minimum absolute atomic E-state index is 0.0737. The number of anilines is 1. The summed E-state index contributed by atoms with van der Waals surface area (Å²) in [7, 11) is 0. The lowest BCUT2D eigenvalue weighted by Crippen LogP contribution is -2.08. The topological polar surface area (TPSA) is 38.1 Å². The summed E-state index contributed by atoms with van der Waals surface area (Å²) in [5.41, 5.74) is 0.211. The molecule has 0 saturated heterocycles. The van der Waals surface area contributed by atoms with Crippen LogP contribution in [0.2, 0.25) is 0 Å². The minimum atomic E-state index is -4.30. The number of nitrogens with one attached hydrogen (secondary N) is 1. The first-order valence-electron chi connectivity index (χ1n) is 4.77. The molecule has 0 aliphatic carbocycles. The molecule has 92 valence electrons. The normalized spacial score (nSPS) is 11.8. The Balaban J connectivity index is 2.07. The van der Waals surface area contributed by atoms with Gasteiger partial charge in [0.05, 0.1) is 0 Å². The summed E-state index contributed by atoms with van der Waals surface area (Å²) in [5.74, 6) is 1.04. The Morgan fingerprint density at radius 1 is 1.47 bits per heavy atom. The van der Waals surface area contributed by atoms with Gasteiger partial charge in [0, 0.05) is 12.6 Å². The zero-order chi connectivity index (χ0) is 12.5. The molecule has 0 bridgehead atoms. The van der Waals surface area contributed by atoms with Gasteiger partial charge in [0.15, 0.2) is 5.82 Å². The zero-order valence-corrected chi connectivity index (χ0v) is 9.65. The lowest BCUT2D eigenvalue weighted by molar-refractivity contribution is -0.134. The molecule has 0 radical (unpaired) electrons. The van der Waals surface area contributed by atoms with Crippen LogP contribution in [-0.4, -0.2) is 5.16 Å². The van der Waals surface area contributed by atoms with Crippen LogP contribution >= 0.6 is 11.3 Å². The van der Waals surface area contributed by atoms with Gasteiger partial charge in [-0.25, -0.2) is 0 Å². The number of hydrogen-bond acceptors (Lipinski definition) is 4. The molecule has 2 aromatic rings. The van der Waals surface area contributed by atoms with Crippen LogP contribution in [0.5, 0.6) is 0 Å². The number of hydrogen-bond donors (Lipinski definition) is 1. The highest BCUT2D eigenvalue weighted by atomic mass is 32.1. The van der Waals surface area contributed by atoms with Crippen LogP contribution in [0.4, 0.5) is 19.0 Å². The standard InChI is InChI=1S/C10H9F3N2OS/c1-6-4-8(15-16-6)14-5-7-2-3-17-9(7)10(11,12)13/h2-4H,5H2,1H3,(H,14,15). The fourth-order valence-corrected chi connectivity index (χ4v) is 2.15. The molecular weight excluding hydrogens is 253 g/mol. The molecule has 0 unspecified atom stereocenters. The third-order valence-electron chi connectivity index (χ3n) is 2.09. The third kappa shape index (κ3) is 2.79. The Kier molecular flexibility index (Phi) is 3.10. The van der Waals surface area contributed by atoms with Crippen molar-refractivity contribution in [2.45, 2.75) is 19.6 Å². The van der Waals surface area contributed by atoms with Crippen LogP contribution in [0, 0.1) is 6.92 Å². The van der Waals surface area contributed by atoms with Gasteiger partial charge in [0.2, 0.25) is 0 Å². The second-order valence-electron chi connectivity index (χ2n) is 3.45. The molecule has 0 saturated carbocycles. The summed E-state index contributed by atoms with van der Waals surface area (Å²) in [4.78, 5) is -0.579. The van der Waals surface area contributed by atoms with Gasteiger partial charge in [0.25, 0.3) is 0 Å². The number of nitrogens with zero attached hydrogens (tertiary/aromatic N) is 1. The summed E-state index contributed by atoms with van der Waals surface area (Å²) in [6.07, 6.45) is -4.30. The predicted molar refractivity (Wildman–Crippen MR) is 57.9 cm³/mol. The number of aryl methyl sites for hydroxylation is 1. The monoisotopic (exact) mass is 262 g/mol. The van der Waals surface area contributed by atoms with E-state index >= 15 is 0 Å². The zero-order valence-electron chi connectivity index (χ0n) is 8.84. The molecule has 2 aromatic heterocycles. The molecule has 0 atom stereocenters. The maximum atomic E-state index is 12.6. The van der Waals surface area contributed by atoms with E-state index in [1.54, 1.807) is 13.0 Å². The molecule has 17 heavy (non-hydrogen) atoms. The molecule has 0 aliphatic rings. The molecule has 3 nitrogen and oxygen atoms in total. The molecule has 0 fully saturated rings. The van der Waals surface area contributed by atoms with E-state index in [0.717, 1.165) is 0 Å². The van der Waals surface area contributed by atoms with Gasteiger partial charge in [-0.1, -0.05) is 5.16 Å². The van der Waals surface area contributed by atoms with Crippen molar-refractivity contribution < 1.29 is 17.7 Å². The van der Waals surface area contributed by atoms with Crippen molar-refractivity contribution in [3.8, 4) is 0 Å². The van der Waals surface area contributed by atoms with Crippen LogP contribution in [-0.2, 0) is 12.7 Å². The Morgan fingerprint density at radius 2 is 2.24 bits per heavy atom. The highest BCUT2D eigenvalue weighted by Crippen LogP contribution is 2.36. The van der Waals surface area contributed by atoms with Crippen molar-refractivity contribution in [3.63, 3.8) is 0 Å². The van der Waals surface area contributed by atoms with Gasteiger partial charge >= 0.3 is 6.18 Å². The quantitative estimate of drug-likeness (QED) is 0.917. The van der Waals surface area contributed by atoms with Gasteiger partial charge in [-0.3, -0.25) is 0 Å². The maximum absolute atomic E-state index is 12.6. The van der Waals surface area contributed by atoms with E-state index in [9.17, 15) is 13.2 Å². The lowest BCUT2D eigenvalue weighted by Gasteiger charge is -2.07. The van der Waals surface area contributed by atoms with Crippen LogP contribution < -0.4 is 5.32 Å². The summed E-state index contributed by atoms with van der Waals surface area (Å²) >= 11 is 0.688. The van der Waals surface area contributed by atoms with Gasteiger partial charge in [-0.2, -0.15) is 13.2 Å². The van der Waals surface area contributed by atoms with Crippen LogP contribution in [0.25, 0.3) is 0 Å². The highest BCUT2D eigenvalue weighted by molar-refractivity contribution is 7.10. The maximum Gasteiger partial charge on any atom is 0.425 e. The Labute approximate surface area is 99.2 Å². The van der Waals surface area contributed by atoms with Crippen LogP contribution in [0.3, 0.4) is 0 Å². The van der Waals surface area contributed by atoms with Crippen LogP contribution in [0.15, 0.2) is 22.0 Å². The van der Waals surface area contributed by atoms with E-state index < -0.39 is 11.1 Å². The van der Waals surface area contributed by atoms with E-state index in [0.29, 0.717) is 22.9 Å². The van der Waals surface area contributed by atoms with Crippen molar-refractivity contribution in [1.82, 2.24) is 5.16 Å². The number of alkyl halides is 3. The summed E-state index contributed by atoms with van der Waals surface area (Å²) in [6, 6.07) is 3.08. The number of rotatable bonds is 3. The Bertz CT molecular complexity index is 504. The molecule has 1 N–H and O–H groups in total. The van der Waals surface area contributed by atoms with E-state index in [1.165, 1.54) is 11.4 Å². The van der Waals surface area contributed by atoms with E-state index in [4.69, 9.17) is 4.52 Å². The van der Waals surface area contributed by atoms with Crippen molar-refractivity contribution >= 4 is 17.2 Å². The summed E-state index contributed by atoms with van der Waals surface area (Å²) < 4.78 is 42.5. The SMILES string of the molecule is Cc1cc(NCc2ccsc2C(F)(F)F)no1. The van der Waals surface area contributed by atoms with Crippen molar-refractivity contribution in [3.05, 3.63) is 33.7 Å². The van der Waals surface area contributed by atoms with Gasteiger partial charge in [-0.15, -0.1) is 11.3 Å². The molecule has 0 aromatic carbocycles. The first-order valence-corrected chi connectivity index (χ1v) is 5.65. The number of aromatic nitrogens is 1. The van der Waals surface area contributed by atoms with Gasteiger partial charge in [-0.05, 0) is 23.9 Å². The van der Waals surface area contributed by atoms with Gasteiger partial charge < -0.3 is 9.84 Å². The smallest absolute Gasteiger partial charge is 0.363 e. The van der Waals surface area contributed by atoms with Gasteiger partial charge in [0.1, 0.15) is 10.6 Å². The minimum Gasteiger partial charge on any atom is -0.363 e. The molecule has 7 heteroatoms. The molecule has 0 amide bonds. The van der Waals surface area contributed by atoms with E-state index in [-0.39, 0.29) is 12.1 Å². The molecular formula is C10H9F3N2OS. The average molecular weight is 262 g/mol. The third-order valence-corrected chi connectivity index (χ3v) is 3.09. The van der Waals surface area contributed by atoms with E-state index in [2.05, 4.69) is 10.5 Å². The molecule has 2 rings (SSSR count). The van der Waals surface area contributed by atoms with Crippen molar-refractivity contribution in [1.29, 1.82) is 0 Å². The second-order valence-corrected chi connectivity index (χ2v) is 4.37. The Morgan fingerprint density at radius 3 is 2.82 bits per heavy atom. The molecule has 0 spiro atoms. The number of halogens is 3. The molecule has 0 aliphatic heterocycles. The molecule has 2 heterocycles. The Hall–Kier alpha value is -1.50. The fourth-order valence-electron chi connectivity index (χ4n) is 1.36. The fraction of sp³-hybridized carbons (Fsp3) is 0.300. The van der Waals surface area contributed by atoms with Crippen molar-refractivity contribution in [2.75, 3.05) is 5.32 Å². The average Bonchev–Trinajstić information content (AvgIpc) is 2.81. The first-order chi connectivity index (χ1) is 7.97. The summed E-state index contributed by atoms with van der Waals surface area (Å²) in [5, 5.41) is 7.85. The predicted octanol–water partition coefficient (Wildman–Crippen LogP) is 3.68. The second kappa shape index (κ2) is 4.40.